The van der Waals surface area contributed by atoms with Crippen LogP contribution in [0.15, 0.2) is 12.1 Å². The van der Waals surface area contributed by atoms with E-state index in [1.54, 1.807) is 0 Å². The molecule has 1 rings (SSSR count). The van der Waals surface area contributed by atoms with Gasteiger partial charge in [-0.05, 0) is 30.9 Å². The zero-order valence-electron chi connectivity index (χ0n) is 11.3. The van der Waals surface area contributed by atoms with E-state index in [0.717, 1.165) is 15.6 Å². The maximum atomic E-state index is 11.5. The van der Waals surface area contributed by atoms with Gasteiger partial charge in [-0.3, -0.25) is 0 Å². The van der Waals surface area contributed by atoms with E-state index in [1.807, 2.05) is 26.0 Å². The minimum atomic E-state index is -0.484. The molecule has 0 spiro atoms. The molecule has 6 heteroatoms. The normalized spacial score (nSPS) is 12.5. The summed E-state index contributed by atoms with van der Waals surface area (Å²) in [6.45, 7) is 4.92. The summed E-state index contributed by atoms with van der Waals surface area (Å²) in [5.74, 6) is 0.420. The van der Waals surface area contributed by atoms with Gasteiger partial charge in [-0.2, -0.15) is 0 Å². The van der Waals surface area contributed by atoms with Gasteiger partial charge in [0.25, 0.3) is 0 Å². The number of amides is 2. The van der Waals surface area contributed by atoms with Crippen molar-refractivity contribution in [2.75, 3.05) is 13.1 Å². The summed E-state index contributed by atoms with van der Waals surface area (Å²) in [7, 11) is 0. The van der Waals surface area contributed by atoms with Crippen LogP contribution < -0.4 is 10.6 Å². The fourth-order valence-corrected chi connectivity index (χ4v) is 2.77. The maximum Gasteiger partial charge on any atom is 0.314 e. The van der Waals surface area contributed by atoms with E-state index in [1.165, 1.54) is 11.3 Å². The van der Waals surface area contributed by atoms with Crippen LogP contribution in [0, 0.1) is 5.92 Å². The number of rotatable bonds is 7. The lowest BCUT2D eigenvalue weighted by Gasteiger charge is -2.14. The highest BCUT2D eigenvalue weighted by molar-refractivity contribution is 7.16. The lowest BCUT2D eigenvalue weighted by atomic mass is 10.1. The summed E-state index contributed by atoms with van der Waals surface area (Å²) in [5, 5.41) is 15.0. The van der Waals surface area contributed by atoms with Gasteiger partial charge in [0.05, 0.1) is 10.4 Å². The second-order valence-electron chi connectivity index (χ2n) is 4.88. The average Bonchev–Trinajstić information content (AvgIpc) is 2.71. The van der Waals surface area contributed by atoms with E-state index in [-0.39, 0.29) is 12.6 Å². The van der Waals surface area contributed by atoms with Crippen molar-refractivity contribution in [3.05, 3.63) is 21.3 Å². The molecule has 2 amide bonds. The fraction of sp³-hybridized carbons (Fsp3) is 0.615. The molecule has 3 N–H and O–H groups in total. The summed E-state index contributed by atoms with van der Waals surface area (Å²) in [6, 6.07) is 3.56. The summed E-state index contributed by atoms with van der Waals surface area (Å²) in [4.78, 5) is 12.6. The number of aliphatic hydroxyl groups excluding tert-OH is 1. The Morgan fingerprint density at radius 3 is 2.74 bits per heavy atom. The molecule has 0 aliphatic carbocycles. The number of thiophene rings is 1. The van der Waals surface area contributed by atoms with Crippen LogP contribution >= 0.6 is 22.9 Å². The van der Waals surface area contributed by atoms with E-state index < -0.39 is 6.10 Å². The van der Waals surface area contributed by atoms with Crippen molar-refractivity contribution in [3.8, 4) is 0 Å². The van der Waals surface area contributed by atoms with Crippen molar-refractivity contribution in [1.29, 1.82) is 0 Å². The van der Waals surface area contributed by atoms with Crippen molar-refractivity contribution >= 4 is 29.0 Å². The first-order valence-electron chi connectivity index (χ1n) is 6.41. The van der Waals surface area contributed by atoms with Gasteiger partial charge in [-0.1, -0.05) is 25.4 Å². The zero-order valence-corrected chi connectivity index (χ0v) is 12.9. The predicted octanol–water partition coefficient (Wildman–Crippen LogP) is 2.65. The van der Waals surface area contributed by atoms with Gasteiger partial charge in [-0.25, -0.2) is 4.79 Å². The highest BCUT2D eigenvalue weighted by atomic mass is 35.5. The van der Waals surface area contributed by atoms with Crippen LogP contribution in [-0.4, -0.2) is 30.3 Å². The third kappa shape index (κ3) is 7.40. The largest absolute Gasteiger partial charge is 0.391 e. The molecule has 108 valence electrons. The van der Waals surface area contributed by atoms with Crippen molar-refractivity contribution in [3.63, 3.8) is 0 Å². The zero-order chi connectivity index (χ0) is 14.3. The van der Waals surface area contributed by atoms with Crippen molar-refractivity contribution in [2.45, 2.75) is 32.8 Å². The van der Waals surface area contributed by atoms with Crippen LogP contribution in [0.3, 0.4) is 0 Å². The van der Waals surface area contributed by atoms with Crippen molar-refractivity contribution in [2.24, 2.45) is 5.92 Å². The molecule has 0 saturated carbocycles. The van der Waals surface area contributed by atoms with Gasteiger partial charge < -0.3 is 15.7 Å². The molecule has 0 fully saturated rings. The average molecular weight is 305 g/mol. The summed E-state index contributed by atoms with van der Waals surface area (Å²) in [5.41, 5.74) is 0. The first-order valence-corrected chi connectivity index (χ1v) is 7.60. The first-order chi connectivity index (χ1) is 8.97. The molecule has 0 saturated heterocycles. The Labute approximate surface area is 123 Å². The highest BCUT2D eigenvalue weighted by Crippen LogP contribution is 2.21. The van der Waals surface area contributed by atoms with E-state index in [2.05, 4.69) is 10.6 Å². The second-order valence-corrected chi connectivity index (χ2v) is 6.68. The topological polar surface area (TPSA) is 61.4 Å². The SMILES string of the molecule is CC(C)CC(O)CNC(=O)NCCc1ccc(Cl)s1. The molecule has 1 aromatic rings. The molecule has 4 nitrogen and oxygen atoms in total. The predicted molar refractivity (Wildman–Crippen MR) is 79.9 cm³/mol. The third-order valence-corrected chi connectivity index (χ3v) is 3.82. The minimum absolute atomic E-state index is 0.245. The smallest absolute Gasteiger partial charge is 0.314 e. The number of halogens is 1. The number of nitrogens with one attached hydrogen (secondary N) is 2. The standard InChI is InChI=1S/C13H21ClN2O2S/c1-9(2)7-10(17)8-16-13(18)15-6-5-11-3-4-12(14)19-11/h3-4,9-10,17H,5-8H2,1-2H3,(H2,15,16,18). The number of hydrogen-bond acceptors (Lipinski definition) is 3. The summed E-state index contributed by atoms with van der Waals surface area (Å²) in [6.07, 6.45) is 0.967. The second kappa shape index (κ2) is 8.40. The molecular formula is C13H21ClN2O2S. The molecule has 1 aromatic heterocycles. The molecule has 0 aliphatic rings. The fourth-order valence-electron chi connectivity index (χ4n) is 1.69. The van der Waals surface area contributed by atoms with Crippen LogP contribution in [0.5, 0.6) is 0 Å². The van der Waals surface area contributed by atoms with E-state index in [9.17, 15) is 9.90 Å². The lowest BCUT2D eigenvalue weighted by Crippen LogP contribution is -2.40. The van der Waals surface area contributed by atoms with E-state index in [4.69, 9.17) is 11.6 Å². The minimum Gasteiger partial charge on any atom is -0.391 e. The molecule has 0 aliphatic heterocycles. The van der Waals surface area contributed by atoms with Crippen LogP contribution in [0.25, 0.3) is 0 Å². The molecule has 0 aromatic carbocycles. The summed E-state index contributed by atoms with van der Waals surface area (Å²) >= 11 is 7.34. The van der Waals surface area contributed by atoms with Crippen molar-refractivity contribution < 1.29 is 9.90 Å². The monoisotopic (exact) mass is 304 g/mol. The van der Waals surface area contributed by atoms with Crippen LogP contribution in [0.2, 0.25) is 4.34 Å². The highest BCUT2D eigenvalue weighted by Gasteiger charge is 2.08. The number of carbonyl (C=O) groups is 1. The van der Waals surface area contributed by atoms with Crippen LogP contribution in [-0.2, 0) is 6.42 Å². The third-order valence-electron chi connectivity index (χ3n) is 2.53. The van der Waals surface area contributed by atoms with E-state index >= 15 is 0 Å². The van der Waals surface area contributed by atoms with Crippen LogP contribution in [0.1, 0.15) is 25.1 Å². The van der Waals surface area contributed by atoms with Gasteiger partial charge in [0.2, 0.25) is 0 Å². The molecule has 1 atom stereocenters. The van der Waals surface area contributed by atoms with Crippen LogP contribution in [0.4, 0.5) is 4.79 Å². The molecule has 1 unspecified atom stereocenters. The quantitative estimate of drug-likeness (QED) is 0.725. The number of hydrogen-bond donors (Lipinski definition) is 3. The molecule has 19 heavy (non-hydrogen) atoms. The Morgan fingerprint density at radius 2 is 2.16 bits per heavy atom. The Morgan fingerprint density at radius 1 is 1.42 bits per heavy atom. The molecular weight excluding hydrogens is 284 g/mol. The Bertz CT molecular complexity index is 396. The Balaban J connectivity index is 2.11. The number of aliphatic hydroxyl groups is 1. The molecule has 0 bridgehead atoms. The van der Waals surface area contributed by atoms with Crippen molar-refractivity contribution in [1.82, 2.24) is 10.6 Å². The number of carbonyl (C=O) groups excluding carboxylic acids is 1. The van der Waals surface area contributed by atoms with Gasteiger partial charge >= 0.3 is 6.03 Å². The first kappa shape index (κ1) is 16.3. The lowest BCUT2D eigenvalue weighted by molar-refractivity contribution is 0.147. The number of urea groups is 1. The van der Waals surface area contributed by atoms with Gasteiger partial charge in [0.1, 0.15) is 0 Å². The maximum absolute atomic E-state index is 11.5. The summed E-state index contributed by atoms with van der Waals surface area (Å²) < 4.78 is 0.760. The van der Waals surface area contributed by atoms with E-state index in [0.29, 0.717) is 18.9 Å². The van der Waals surface area contributed by atoms with Gasteiger partial charge in [0.15, 0.2) is 0 Å². The Hall–Kier alpha value is -0.780. The Kier molecular flexibility index (Phi) is 7.20. The van der Waals surface area contributed by atoms with Gasteiger partial charge in [-0.15, -0.1) is 11.3 Å². The molecule has 0 radical (unpaired) electrons. The van der Waals surface area contributed by atoms with Gasteiger partial charge in [0, 0.05) is 18.0 Å². The molecule has 1 heterocycles.